The van der Waals surface area contributed by atoms with E-state index in [9.17, 15) is 24.0 Å². The molecule has 10 heteroatoms. The van der Waals surface area contributed by atoms with Gasteiger partial charge in [-0.05, 0) is 50.7 Å². The summed E-state index contributed by atoms with van der Waals surface area (Å²) in [6.07, 6.45) is 28.3. The fraction of sp³-hybridized carbons (Fsp3) is 0.410. The maximum absolute atomic E-state index is 13.1. The summed E-state index contributed by atoms with van der Waals surface area (Å²) < 4.78 is 16.1. The van der Waals surface area contributed by atoms with E-state index in [1.54, 1.807) is 26.0 Å². The van der Waals surface area contributed by atoms with E-state index in [-0.39, 0.29) is 37.3 Å². The lowest BCUT2D eigenvalue weighted by Gasteiger charge is -2.32. The van der Waals surface area contributed by atoms with Crippen molar-refractivity contribution in [1.29, 1.82) is 0 Å². The van der Waals surface area contributed by atoms with Crippen molar-refractivity contribution in [2.75, 3.05) is 13.2 Å². The Bertz CT molecular complexity index is 1380. The van der Waals surface area contributed by atoms with Crippen LogP contribution in [-0.2, 0) is 28.7 Å². The lowest BCUT2D eigenvalue weighted by Crippen LogP contribution is -2.49. The number of carbonyl (C=O) groups is 5. The lowest BCUT2D eigenvalue weighted by atomic mass is 9.86. The first-order valence-corrected chi connectivity index (χ1v) is 16.5. The summed E-state index contributed by atoms with van der Waals surface area (Å²) in [6.45, 7) is 5.97. The molecule has 1 aromatic rings. The number of amides is 1. The van der Waals surface area contributed by atoms with Crippen molar-refractivity contribution in [3.8, 4) is 5.75 Å². The highest BCUT2D eigenvalue weighted by Crippen LogP contribution is 2.28. The van der Waals surface area contributed by atoms with Crippen LogP contribution in [0.1, 0.15) is 89.4 Å². The van der Waals surface area contributed by atoms with E-state index >= 15 is 0 Å². The predicted molar refractivity (Wildman–Crippen MR) is 190 cm³/mol. The Hall–Kier alpha value is -4.99. The Balaban J connectivity index is 2.60. The number of carboxylic acid groups (broad SMARTS) is 1. The van der Waals surface area contributed by atoms with Gasteiger partial charge in [0, 0.05) is 18.9 Å². The van der Waals surface area contributed by atoms with Crippen molar-refractivity contribution in [1.82, 2.24) is 5.32 Å². The van der Waals surface area contributed by atoms with Crippen LogP contribution in [0.15, 0.2) is 97.2 Å². The molecule has 0 spiro atoms. The molecule has 0 bridgehead atoms. The molecule has 0 saturated heterocycles. The third kappa shape index (κ3) is 20.1. The molecule has 2 N–H and O–H groups in total. The molecule has 0 aliphatic heterocycles. The van der Waals surface area contributed by atoms with Crippen LogP contribution in [0.3, 0.4) is 0 Å². The summed E-state index contributed by atoms with van der Waals surface area (Å²) >= 11 is 0. The van der Waals surface area contributed by atoms with E-state index in [1.807, 2.05) is 18.2 Å². The van der Waals surface area contributed by atoms with E-state index in [1.165, 1.54) is 25.1 Å². The molecular weight excluding hydrogens is 626 g/mol. The maximum Gasteiger partial charge on any atom is 0.342 e. The first kappa shape index (κ1) is 42.0. The van der Waals surface area contributed by atoms with E-state index < -0.39 is 41.3 Å². The third-order valence-corrected chi connectivity index (χ3v) is 6.66. The Morgan fingerprint density at radius 1 is 0.796 bits per heavy atom. The Kier molecular flexibility index (Phi) is 21.5. The molecule has 0 aromatic heterocycles. The van der Waals surface area contributed by atoms with Crippen LogP contribution in [0.2, 0.25) is 0 Å². The van der Waals surface area contributed by atoms with Gasteiger partial charge in [0.15, 0.2) is 6.10 Å². The van der Waals surface area contributed by atoms with Crippen molar-refractivity contribution in [3.63, 3.8) is 0 Å². The zero-order valence-corrected chi connectivity index (χ0v) is 29.1. The van der Waals surface area contributed by atoms with Crippen molar-refractivity contribution in [3.05, 3.63) is 103 Å². The molecule has 49 heavy (non-hydrogen) atoms. The van der Waals surface area contributed by atoms with Crippen LogP contribution in [0.5, 0.6) is 5.75 Å². The van der Waals surface area contributed by atoms with Gasteiger partial charge in [-0.25, -0.2) is 4.79 Å². The number of rotatable bonds is 23. The number of hydrogen-bond acceptors (Lipinski definition) is 8. The SMILES string of the molecule is CCC=CCC=CCC=CCC=CCC=CCC=CCC(=O)OCC(C)(C)C(OC(=O)c1ccccc1OC(C)=O)C(=O)NCCC(=O)O. The quantitative estimate of drug-likeness (QED) is 0.0688. The number of ether oxygens (including phenoxy) is 3. The zero-order chi connectivity index (χ0) is 36.3. The second kappa shape index (κ2) is 25.1. The fourth-order valence-corrected chi connectivity index (χ4v) is 4.11. The first-order valence-electron chi connectivity index (χ1n) is 16.5. The van der Waals surface area contributed by atoms with E-state index in [0.717, 1.165) is 32.1 Å². The van der Waals surface area contributed by atoms with Crippen molar-refractivity contribution >= 4 is 29.8 Å². The fourth-order valence-electron chi connectivity index (χ4n) is 4.11. The van der Waals surface area contributed by atoms with Crippen LogP contribution in [-0.4, -0.2) is 54.1 Å². The smallest absolute Gasteiger partial charge is 0.342 e. The van der Waals surface area contributed by atoms with Crippen LogP contribution in [0.4, 0.5) is 0 Å². The number of benzene rings is 1. The molecule has 1 unspecified atom stereocenters. The number of nitrogens with one attached hydrogen (secondary N) is 1. The summed E-state index contributed by atoms with van der Waals surface area (Å²) in [5.74, 6) is -4.07. The highest BCUT2D eigenvalue weighted by Gasteiger charge is 2.40. The Morgan fingerprint density at radius 2 is 1.31 bits per heavy atom. The molecule has 0 fully saturated rings. The molecular formula is C39H51NO9. The van der Waals surface area contributed by atoms with Gasteiger partial charge in [-0.3, -0.25) is 19.2 Å². The number of esters is 3. The Morgan fingerprint density at radius 3 is 1.82 bits per heavy atom. The number of hydrogen-bond donors (Lipinski definition) is 2. The van der Waals surface area contributed by atoms with Gasteiger partial charge in [-0.1, -0.05) is 106 Å². The molecule has 0 aliphatic rings. The largest absolute Gasteiger partial charge is 0.481 e. The third-order valence-electron chi connectivity index (χ3n) is 6.66. The van der Waals surface area contributed by atoms with Gasteiger partial charge in [-0.2, -0.15) is 0 Å². The number of carbonyl (C=O) groups excluding carboxylic acids is 4. The molecule has 1 atom stereocenters. The van der Waals surface area contributed by atoms with Gasteiger partial charge in [0.2, 0.25) is 0 Å². The van der Waals surface area contributed by atoms with Crippen molar-refractivity contribution in [2.45, 2.75) is 85.2 Å². The van der Waals surface area contributed by atoms with E-state index in [2.05, 4.69) is 60.8 Å². The average molecular weight is 678 g/mol. The highest BCUT2D eigenvalue weighted by molar-refractivity contribution is 5.95. The molecule has 1 rings (SSSR count). The molecule has 266 valence electrons. The van der Waals surface area contributed by atoms with Crippen LogP contribution in [0.25, 0.3) is 0 Å². The second-order valence-corrected chi connectivity index (χ2v) is 11.6. The molecule has 1 amide bonds. The minimum Gasteiger partial charge on any atom is -0.481 e. The van der Waals surface area contributed by atoms with Crippen LogP contribution >= 0.6 is 0 Å². The normalized spacial score (nSPS) is 12.8. The molecule has 0 saturated carbocycles. The number of carboxylic acids is 1. The average Bonchev–Trinajstić information content (AvgIpc) is 3.05. The molecule has 1 aromatic carbocycles. The standard InChI is InChI=1S/C39H51NO9/c1-5-6-7-8-9-10-11-12-13-14-15-16-17-18-19-20-21-22-27-35(44)47-30-39(3,4)36(37(45)40-29-28-34(42)43)49-38(46)32-25-23-24-26-33(32)48-31(2)41/h6-7,9-10,12-13,15-16,18-19,21-26,36H,5,8,11,14,17,20,27-30H2,1-4H3,(H,40,45)(H,42,43). The van der Waals surface area contributed by atoms with Gasteiger partial charge in [0.25, 0.3) is 5.91 Å². The zero-order valence-electron chi connectivity index (χ0n) is 29.1. The monoisotopic (exact) mass is 677 g/mol. The lowest BCUT2D eigenvalue weighted by molar-refractivity contribution is -0.153. The number of aliphatic carboxylic acids is 1. The van der Waals surface area contributed by atoms with Gasteiger partial charge in [-0.15, -0.1) is 0 Å². The van der Waals surface area contributed by atoms with E-state index in [0.29, 0.717) is 6.42 Å². The highest BCUT2D eigenvalue weighted by atomic mass is 16.6. The number of allylic oxidation sites excluding steroid dienone is 11. The topological polar surface area (TPSA) is 145 Å². The summed E-state index contributed by atoms with van der Waals surface area (Å²) in [7, 11) is 0. The molecule has 10 nitrogen and oxygen atoms in total. The van der Waals surface area contributed by atoms with E-state index in [4.69, 9.17) is 19.3 Å². The summed E-state index contributed by atoms with van der Waals surface area (Å²) in [6, 6.07) is 5.88. The predicted octanol–water partition coefficient (Wildman–Crippen LogP) is 7.39. The van der Waals surface area contributed by atoms with Crippen molar-refractivity contribution in [2.24, 2.45) is 5.41 Å². The van der Waals surface area contributed by atoms with Crippen LogP contribution < -0.4 is 10.1 Å². The minimum absolute atomic E-state index is 0.00576. The van der Waals surface area contributed by atoms with Crippen molar-refractivity contribution < 1.29 is 43.3 Å². The summed E-state index contributed by atoms with van der Waals surface area (Å²) in [4.78, 5) is 61.0. The molecule has 0 heterocycles. The van der Waals surface area contributed by atoms with Gasteiger partial charge < -0.3 is 24.6 Å². The maximum atomic E-state index is 13.1. The summed E-state index contributed by atoms with van der Waals surface area (Å²) in [5, 5.41) is 11.4. The molecule has 0 aliphatic carbocycles. The number of para-hydroxylation sites is 1. The summed E-state index contributed by atoms with van der Waals surface area (Å²) in [5.41, 5.74) is -1.31. The minimum atomic E-state index is -1.47. The van der Waals surface area contributed by atoms with Gasteiger partial charge in [0.1, 0.15) is 17.9 Å². The van der Waals surface area contributed by atoms with Gasteiger partial charge in [0.05, 0.1) is 12.8 Å². The second-order valence-electron chi connectivity index (χ2n) is 11.6. The Labute approximate surface area is 290 Å². The molecule has 0 radical (unpaired) electrons. The van der Waals surface area contributed by atoms with Crippen LogP contribution in [0, 0.1) is 5.41 Å². The first-order chi connectivity index (χ1) is 23.5. The van der Waals surface area contributed by atoms with Gasteiger partial charge >= 0.3 is 23.9 Å².